The van der Waals surface area contributed by atoms with E-state index < -0.39 is 0 Å². The van der Waals surface area contributed by atoms with Crippen molar-refractivity contribution in [3.63, 3.8) is 0 Å². The van der Waals surface area contributed by atoms with Gasteiger partial charge in [-0.15, -0.1) is 0 Å². The molecular formula is C23H27FN6O2. The lowest BCUT2D eigenvalue weighted by Gasteiger charge is -2.11. The first-order valence-electron chi connectivity index (χ1n) is 10.8. The highest BCUT2D eigenvalue weighted by molar-refractivity contribution is 6.01. The van der Waals surface area contributed by atoms with Crippen molar-refractivity contribution in [2.45, 2.75) is 52.7 Å². The molecule has 3 heterocycles. The van der Waals surface area contributed by atoms with Crippen LogP contribution in [0.4, 0.5) is 4.39 Å². The van der Waals surface area contributed by atoms with Gasteiger partial charge in [0.05, 0.1) is 23.6 Å². The number of rotatable bonds is 8. The summed E-state index contributed by atoms with van der Waals surface area (Å²) in [6.45, 7) is 6.35. The number of aromatic nitrogens is 4. The second kappa shape index (κ2) is 9.33. The summed E-state index contributed by atoms with van der Waals surface area (Å²) in [6.07, 6.45) is 7.22. The van der Waals surface area contributed by atoms with Crippen LogP contribution in [0.3, 0.4) is 0 Å². The van der Waals surface area contributed by atoms with Crippen LogP contribution in [0.25, 0.3) is 5.69 Å². The lowest BCUT2D eigenvalue weighted by molar-refractivity contribution is -0.122. The summed E-state index contributed by atoms with van der Waals surface area (Å²) in [7, 11) is 0. The molecule has 9 heteroatoms. The van der Waals surface area contributed by atoms with Gasteiger partial charge in [0.1, 0.15) is 30.1 Å². The van der Waals surface area contributed by atoms with Crippen LogP contribution in [-0.4, -0.2) is 43.4 Å². The van der Waals surface area contributed by atoms with E-state index in [9.17, 15) is 9.18 Å². The quantitative estimate of drug-likeness (QED) is 0.586. The molecule has 0 spiro atoms. The molecule has 0 radical (unpaired) electrons. The van der Waals surface area contributed by atoms with Crippen LogP contribution in [0.15, 0.2) is 41.9 Å². The average molecular weight is 439 g/mol. The molecule has 0 fully saturated rings. The van der Waals surface area contributed by atoms with Crippen molar-refractivity contribution in [2.75, 3.05) is 6.54 Å². The van der Waals surface area contributed by atoms with E-state index in [-0.39, 0.29) is 24.4 Å². The van der Waals surface area contributed by atoms with Gasteiger partial charge in [0.25, 0.3) is 0 Å². The molecule has 1 unspecified atom stereocenters. The van der Waals surface area contributed by atoms with Gasteiger partial charge in [-0.1, -0.05) is 18.1 Å². The van der Waals surface area contributed by atoms with Gasteiger partial charge in [-0.05, 0) is 32.4 Å². The Morgan fingerprint density at radius 3 is 2.91 bits per heavy atom. The molecule has 0 bridgehead atoms. The number of aryl methyl sites for hydroxylation is 3. The molecule has 32 heavy (non-hydrogen) atoms. The van der Waals surface area contributed by atoms with E-state index in [2.05, 4.69) is 27.4 Å². The number of imidazole rings is 2. The first-order chi connectivity index (χ1) is 15.4. The van der Waals surface area contributed by atoms with Gasteiger partial charge in [0.2, 0.25) is 5.91 Å². The molecule has 168 valence electrons. The molecule has 0 saturated carbocycles. The predicted molar refractivity (Wildman–Crippen MR) is 118 cm³/mol. The fraction of sp³-hybridized carbons (Fsp3) is 0.391. The molecule has 0 saturated heterocycles. The topological polar surface area (TPSA) is 86.3 Å². The molecule has 1 atom stereocenters. The third-order valence-corrected chi connectivity index (χ3v) is 5.40. The van der Waals surface area contributed by atoms with Crippen LogP contribution in [-0.2, 0) is 22.6 Å². The zero-order valence-electron chi connectivity index (χ0n) is 18.5. The Morgan fingerprint density at radius 1 is 1.34 bits per heavy atom. The van der Waals surface area contributed by atoms with E-state index in [4.69, 9.17) is 4.84 Å². The van der Waals surface area contributed by atoms with Crippen LogP contribution in [0.5, 0.6) is 0 Å². The number of nitrogens with zero attached hydrogens (tertiary/aromatic N) is 5. The Morgan fingerprint density at radius 2 is 2.19 bits per heavy atom. The van der Waals surface area contributed by atoms with Gasteiger partial charge in [-0.2, -0.15) is 0 Å². The minimum absolute atomic E-state index is 0.124. The van der Waals surface area contributed by atoms with E-state index in [0.29, 0.717) is 29.9 Å². The zero-order valence-corrected chi connectivity index (χ0v) is 18.5. The number of carbonyl (C=O) groups excluding carboxylic acids is 1. The maximum absolute atomic E-state index is 14.9. The van der Waals surface area contributed by atoms with Gasteiger partial charge in [0, 0.05) is 37.0 Å². The first kappa shape index (κ1) is 21.7. The molecule has 0 aliphatic carbocycles. The summed E-state index contributed by atoms with van der Waals surface area (Å²) in [5, 5.41) is 6.98. The van der Waals surface area contributed by atoms with Crippen molar-refractivity contribution in [3.8, 4) is 5.69 Å². The zero-order chi connectivity index (χ0) is 22.7. The van der Waals surface area contributed by atoms with Crippen molar-refractivity contribution >= 4 is 11.6 Å². The van der Waals surface area contributed by atoms with Gasteiger partial charge < -0.3 is 19.3 Å². The van der Waals surface area contributed by atoms with Gasteiger partial charge >= 0.3 is 0 Å². The number of hydrogen-bond acceptors (Lipinski definition) is 5. The Labute approximate surface area is 186 Å². The number of amides is 1. The first-order valence-corrected chi connectivity index (χ1v) is 10.8. The Bertz CT molecular complexity index is 1150. The lowest BCUT2D eigenvalue weighted by atomic mass is 10.0. The Hall–Kier alpha value is -3.49. The summed E-state index contributed by atoms with van der Waals surface area (Å²) >= 11 is 0. The molecule has 1 amide bonds. The fourth-order valence-corrected chi connectivity index (χ4v) is 3.82. The van der Waals surface area contributed by atoms with Crippen LogP contribution in [0.2, 0.25) is 0 Å². The van der Waals surface area contributed by atoms with E-state index in [0.717, 1.165) is 30.2 Å². The average Bonchev–Trinajstić information content (AvgIpc) is 3.48. The summed E-state index contributed by atoms with van der Waals surface area (Å²) in [4.78, 5) is 26.3. The van der Waals surface area contributed by atoms with Crippen LogP contribution >= 0.6 is 0 Å². The fourth-order valence-electron chi connectivity index (χ4n) is 3.82. The van der Waals surface area contributed by atoms with Crippen molar-refractivity contribution < 1.29 is 14.0 Å². The minimum Gasteiger partial charge on any atom is -0.390 e. The number of halogens is 1. The number of oxime groups is 1. The third-order valence-electron chi connectivity index (χ3n) is 5.40. The largest absolute Gasteiger partial charge is 0.390 e. The molecule has 1 aliphatic heterocycles. The number of hydrogen-bond donors (Lipinski definition) is 1. The molecule has 1 N–H and O–H groups in total. The molecule has 2 aromatic heterocycles. The van der Waals surface area contributed by atoms with Crippen LogP contribution in [0, 0.1) is 19.7 Å². The highest BCUT2D eigenvalue weighted by Gasteiger charge is 2.24. The van der Waals surface area contributed by atoms with Crippen LogP contribution < -0.4 is 5.32 Å². The monoisotopic (exact) mass is 438 g/mol. The molecule has 1 aliphatic rings. The van der Waals surface area contributed by atoms with Crippen molar-refractivity contribution in [2.24, 2.45) is 5.16 Å². The van der Waals surface area contributed by atoms with Gasteiger partial charge in [-0.3, -0.25) is 4.79 Å². The number of carbonyl (C=O) groups is 1. The molecular weight excluding hydrogens is 411 g/mol. The lowest BCUT2D eigenvalue weighted by Crippen LogP contribution is -2.34. The highest BCUT2D eigenvalue weighted by Crippen LogP contribution is 2.22. The SMILES string of the molecule is CCCc1nccn1-c1ccc(C2=NOC(CNC(=O)Cn3cc(C)nc3C)C2)cc1F. The smallest absolute Gasteiger partial charge is 0.240 e. The van der Waals surface area contributed by atoms with Gasteiger partial charge in [-0.25, -0.2) is 14.4 Å². The van der Waals surface area contributed by atoms with Crippen molar-refractivity contribution in [3.05, 3.63) is 65.5 Å². The normalized spacial score (nSPS) is 15.5. The summed E-state index contributed by atoms with van der Waals surface area (Å²) in [5.41, 5.74) is 2.67. The number of benzene rings is 1. The molecule has 4 rings (SSSR count). The predicted octanol–water partition coefficient (Wildman–Crippen LogP) is 3.09. The molecule has 3 aromatic rings. The minimum atomic E-state index is -0.344. The van der Waals surface area contributed by atoms with Crippen molar-refractivity contribution in [1.29, 1.82) is 0 Å². The van der Waals surface area contributed by atoms with E-state index in [1.165, 1.54) is 6.07 Å². The highest BCUT2D eigenvalue weighted by atomic mass is 19.1. The molecule has 8 nitrogen and oxygen atoms in total. The standard InChI is InChI=1S/C23H27FN6O2/c1-4-5-22-25-8-9-30(22)21-7-6-17(10-19(21)24)20-11-18(32-28-20)12-26-23(31)14-29-13-15(2)27-16(29)3/h6-10,13,18H,4-5,11-12,14H2,1-3H3,(H,26,31). The van der Waals surface area contributed by atoms with Crippen LogP contribution in [0.1, 0.15) is 42.7 Å². The van der Waals surface area contributed by atoms with E-state index >= 15 is 0 Å². The Balaban J connectivity index is 1.34. The van der Waals surface area contributed by atoms with E-state index in [1.54, 1.807) is 27.6 Å². The Kier molecular flexibility index (Phi) is 6.34. The number of nitrogens with one attached hydrogen (secondary N) is 1. The second-order valence-corrected chi connectivity index (χ2v) is 7.96. The summed E-state index contributed by atoms with van der Waals surface area (Å²) in [6, 6.07) is 5.04. The van der Waals surface area contributed by atoms with E-state index in [1.807, 2.05) is 26.1 Å². The summed E-state index contributed by atoms with van der Waals surface area (Å²) < 4.78 is 18.4. The molecule has 1 aromatic carbocycles. The second-order valence-electron chi connectivity index (χ2n) is 7.96. The summed E-state index contributed by atoms with van der Waals surface area (Å²) in [5.74, 6) is 1.16. The van der Waals surface area contributed by atoms with Crippen molar-refractivity contribution in [1.82, 2.24) is 24.4 Å². The van der Waals surface area contributed by atoms with Gasteiger partial charge in [0.15, 0.2) is 0 Å². The maximum atomic E-state index is 14.9. The third kappa shape index (κ3) is 4.71. The maximum Gasteiger partial charge on any atom is 0.240 e.